The molecule has 3 N–H and O–H groups in total. The van der Waals surface area contributed by atoms with E-state index in [1.807, 2.05) is 38.1 Å². The van der Waals surface area contributed by atoms with Gasteiger partial charge in [0.25, 0.3) is 0 Å². The van der Waals surface area contributed by atoms with Gasteiger partial charge in [-0.3, -0.25) is 4.79 Å². The lowest BCUT2D eigenvalue weighted by Gasteiger charge is -2.20. The minimum absolute atomic E-state index is 0.0186. The highest BCUT2D eigenvalue weighted by Crippen LogP contribution is 2.20. The molecule has 0 aliphatic heterocycles. The number of carbonyl (C=O) groups is 1. The Morgan fingerprint density at radius 3 is 2.38 bits per heavy atom. The molecule has 118 valence electrons. The quantitative estimate of drug-likeness (QED) is 0.760. The van der Waals surface area contributed by atoms with Gasteiger partial charge in [0.15, 0.2) is 0 Å². The van der Waals surface area contributed by atoms with Crippen molar-refractivity contribution in [2.24, 2.45) is 11.7 Å². The van der Waals surface area contributed by atoms with Crippen LogP contribution in [0.1, 0.15) is 58.1 Å². The molecule has 0 spiro atoms. The maximum atomic E-state index is 12.3. The fraction of sp³-hybridized carbons (Fsp3) is 0.588. The van der Waals surface area contributed by atoms with E-state index < -0.39 is 0 Å². The number of benzene rings is 1. The Bertz CT molecular complexity index is 431. The van der Waals surface area contributed by atoms with E-state index in [2.05, 4.69) is 12.2 Å². The summed E-state index contributed by atoms with van der Waals surface area (Å²) in [5.74, 6) is 0.131. The topological polar surface area (TPSA) is 55.1 Å². The van der Waals surface area contributed by atoms with Crippen LogP contribution < -0.4 is 11.1 Å². The first-order valence-corrected chi connectivity index (χ1v) is 8.13. The summed E-state index contributed by atoms with van der Waals surface area (Å²) in [5.41, 5.74) is 6.83. The molecule has 0 aliphatic carbocycles. The summed E-state index contributed by atoms with van der Waals surface area (Å²) >= 11 is 5.90. The van der Waals surface area contributed by atoms with Gasteiger partial charge in [-0.05, 0) is 43.9 Å². The molecule has 0 aliphatic rings. The zero-order valence-corrected chi connectivity index (χ0v) is 14.0. The van der Waals surface area contributed by atoms with Crippen molar-refractivity contribution in [3.63, 3.8) is 0 Å². The molecular formula is C17H27ClN2O. The summed E-state index contributed by atoms with van der Waals surface area (Å²) < 4.78 is 0. The van der Waals surface area contributed by atoms with E-state index in [9.17, 15) is 4.79 Å². The zero-order valence-electron chi connectivity index (χ0n) is 13.2. The molecule has 0 radical (unpaired) electrons. The first-order valence-electron chi connectivity index (χ1n) is 7.75. The molecule has 1 amide bonds. The molecule has 3 nitrogen and oxygen atoms in total. The van der Waals surface area contributed by atoms with Gasteiger partial charge in [0, 0.05) is 17.0 Å². The second kappa shape index (κ2) is 9.06. The maximum Gasteiger partial charge on any atom is 0.223 e. The molecule has 0 heterocycles. The third-order valence-corrected chi connectivity index (χ3v) is 3.99. The molecule has 1 aromatic rings. The van der Waals surface area contributed by atoms with Crippen molar-refractivity contribution in [2.45, 2.75) is 58.5 Å². The van der Waals surface area contributed by atoms with Crippen LogP contribution in [0.15, 0.2) is 24.3 Å². The van der Waals surface area contributed by atoms with Crippen molar-refractivity contribution in [1.29, 1.82) is 0 Å². The van der Waals surface area contributed by atoms with Gasteiger partial charge < -0.3 is 11.1 Å². The van der Waals surface area contributed by atoms with Crippen LogP contribution >= 0.6 is 11.6 Å². The predicted molar refractivity (Wildman–Crippen MR) is 89.3 cm³/mol. The lowest BCUT2D eigenvalue weighted by atomic mass is 9.99. The fourth-order valence-electron chi connectivity index (χ4n) is 2.31. The standard InChI is InChI=1S/C17H27ClN2O/c1-4-16(14-8-10-15(18)11-9-14)20-17(21)12(2)6-5-7-13(3)19/h8-13,16H,4-7,19H2,1-3H3,(H,20,21). The molecule has 0 bridgehead atoms. The van der Waals surface area contributed by atoms with Crippen molar-refractivity contribution in [3.8, 4) is 0 Å². The fourth-order valence-corrected chi connectivity index (χ4v) is 2.43. The normalized spacial score (nSPS) is 15.3. The van der Waals surface area contributed by atoms with Crippen LogP contribution in [0.5, 0.6) is 0 Å². The number of amides is 1. The van der Waals surface area contributed by atoms with Crippen LogP contribution in [-0.4, -0.2) is 11.9 Å². The van der Waals surface area contributed by atoms with Crippen LogP contribution in [0.4, 0.5) is 0 Å². The average Bonchev–Trinajstić information content (AvgIpc) is 2.45. The third kappa shape index (κ3) is 6.49. The van der Waals surface area contributed by atoms with Gasteiger partial charge >= 0.3 is 0 Å². The van der Waals surface area contributed by atoms with E-state index in [1.165, 1.54) is 0 Å². The first kappa shape index (κ1) is 18.0. The minimum atomic E-state index is 0.0186. The summed E-state index contributed by atoms with van der Waals surface area (Å²) in [6, 6.07) is 7.91. The van der Waals surface area contributed by atoms with E-state index in [0.29, 0.717) is 5.02 Å². The molecule has 0 aromatic heterocycles. The predicted octanol–water partition coefficient (Wildman–Crippen LogP) is 4.06. The summed E-state index contributed by atoms with van der Waals surface area (Å²) in [5, 5.41) is 3.84. The Hall–Kier alpha value is -1.06. The van der Waals surface area contributed by atoms with Gasteiger partial charge in [0.05, 0.1) is 6.04 Å². The molecule has 0 saturated carbocycles. The van der Waals surface area contributed by atoms with E-state index >= 15 is 0 Å². The SMILES string of the molecule is CCC(NC(=O)C(C)CCCC(C)N)c1ccc(Cl)cc1. The second-order valence-corrected chi connectivity index (χ2v) is 6.27. The lowest BCUT2D eigenvalue weighted by molar-refractivity contribution is -0.125. The highest BCUT2D eigenvalue weighted by atomic mass is 35.5. The molecule has 21 heavy (non-hydrogen) atoms. The Kier molecular flexibility index (Phi) is 7.76. The summed E-state index contributed by atoms with van der Waals surface area (Å²) in [4.78, 5) is 12.3. The van der Waals surface area contributed by atoms with Gasteiger partial charge in [0.1, 0.15) is 0 Å². The average molecular weight is 311 g/mol. The molecule has 1 aromatic carbocycles. The molecule has 0 fully saturated rings. The van der Waals surface area contributed by atoms with Crippen molar-refractivity contribution in [1.82, 2.24) is 5.32 Å². The monoisotopic (exact) mass is 310 g/mol. The number of rotatable bonds is 8. The van der Waals surface area contributed by atoms with Crippen LogP contribution in [0, 0.1) is 5.92 Å². The number of nitrogens with two attached hydrogens (primary N) is 1. The second-order valence-electron chi connectivity index (χ2n) is 5.83. The largest absolute Gasteiger partial charge is 0.349 e. The molecule has 1 rings (SSSR count). The van der Waals surface area contributed by atoms with E-state index in [4.69, 9.17) is 17.3 Å². The Balaban J connectivity index is 2.52. The highest BCUT2D eigenvalue weighted by Gasteiger charge is 2.17. The molecule has 0 saturated heterocycles. The zero-order chi connectivity index (χ0) is 15.8. The summed E-state index contributed by atoms with van der Waals surface area (Å²) in [7, 11) is 0. The highest BCUT2D eigenvalue weighted by molar-refractivity contribution is 6.30. The maximum absolute atomic E-state index is 12.3. The number of carbonyl (C=O) groups excluding carboxylic acids is 1. The summed E-state index contributed by atoms with van der Waals surface area (Å²) in [6.07, 6.45) is 3.69. The smallest absolute Gasteiger partial charge is 0.223 e. The van der Waals surface area contributed by atoms with Gasteiger partial charge in [-0.1, -0.05) is 44.0 Å². The number of nitrogens with one attached hydrogen (secondary N) is 1. The van der Waals surface area contributed by atoms with E-state index in [-0.39, 0.29) is 23.9 Å². The van der Waals surface area contributed by atoms with E-state index in [1.54, 1.807) is 0 Å². The number of halogens is 1. The number of hydrogen-bond donors (Lipinski definition) is 2. The molecular weight excluding hydrogens is 284 g/mol. The van der Waals surface area contributed by atoms with Crippen molar-refractivity contribution in [2.75, 3.05) is 0 Å². The first-order chi connectivity index (χ1) is 9.93. The summed E-state index contributed by atoms with van der Waals surface area (Å²) in [6.45, 7) is 6.05. The number of hydrogen-bond acceptors (Lipinski definition) is 2. The minimum Gasteiger partial charge on any atom is -0.349 e. The Morgan fingerprint density at radius 1 is 1.24 bits per heavy atom. The third-order valence-electron chi connectivity index (χ3n) is 3.74. The molecule has 4 heteroatoms. The van der Waals surface area contributed by atoms with E-state index in [0.717, 1.165) is 31.2 Å². The van der Waals surface area contributed by atoms with Crippen LogP contribution in [0.25, 0.3) is 0 Å². The Labute approximate surface area is 133 Å². The molecule has 3 atom stereocenters. The van der Waals surface area contributed by atoms with Crippen LogP contribution in [-0.2, 0) is 4.79 Å². The van der Waals surface area contributed by atoms with Crippen molar-refractivity contribution < 1.29 is 4.79 Å². The molecule has 3 unspecified atom stereocenters. The van der Waals surface area contributed by atoms with Gasteiger partial charge in [0.2, 0.25) is 5.91 Å². The van der Waals surface area contributed by atoms with Crippen molar-refractivity contribution in [3.05, 3.63) is 34.9 Å². The lowest BCUT2D eigenvalue weighted by Crippen LogP contribution is -2.32. The van der Waals surface area contributed by atoms with Crippen LogP contribution in [0.3, 0.4) is 0 Å². The van der Waals surface area contributed by atoms with Crippen molar-refractivity contribution >= 4 is 17.5 Å². The van der Waals surface area contributed by atoms with Crippen LogP contribution in [0.2, 0.25) is 5.02 Å². The van der Waals surface area contributed by atoms with Gasteiger partial charge in [-0.25, -0.2) is 0 Å². The van der Waals surface area contributed by atoms with Gasteiger partial charge in [-0.15, -0.1) is 0 Å². The Morgan fingerprint density at radius 2 is 1.86 bits per heavy atom. The van der Waals surface area contributed by atoms with Gasteiger partial charge in [-0.2, -0.15) is 0 Å².